The highest BCUT2D eigenvalue weighted by molar-refractivity contribution is 7.10. The summed E-state index contributed by atoms with van der Waals surface area (Å²) in [7, 11) is 0. The fraction of sp³-hybridized carbons (Fsp3) is 0.286. The van der Waals surface area contributed by atoms with Crippen molar-refractivity contribution in [3.05, 3.63) is 57.5 Å². The number of aryl methyl sites for hydroxylation is 1. The van der Waals surface area contributed by atoms with Crippen LogP contribution in [0.25, 0.3) is 0 Å². The Bertz CT molecular complexity index is 461. The first-order chi connectivity index (χ1) is 8.25. The third-order valence-corrected chi connectivity index (χ3v) is 3.89. The van der Waals surface area contributed by atoms with Gasteiger partial charge in [-0.2, -0.15) is 0 Å². The summed E-state index contributed by atoms with van der Waals surface area (Å²) < 4.78 is 12.7. The standard InChI is InChI=1S/C14H16FNS/c1-11-7-9-17-14(11)10-16-8-6-12-2-4-13(15)5-3-12/h2-5,7,9,16H,6,8,10H2,1H3/p+1. The molecule has 1 aromatic carbocycles. The second-order valence-electron chi connectivity index (χ2n) is 4.18. The van der Waals surface area contributed by atoms with E-state index in [1.807, 2.05) is 23.5 Å². The minimum absolute atomic E-state index is 0.160. The lowest BCUT2D eigenvalue weighted by Crippen LogP contribution is -2.83. The highest BCUT2D eigenvalue weighted by Gasteiger charge is 2.01. The Kier molecular flexibility index (Phi) is 4.29. The highest BCUT2D eigenvalue weighted by Crippen LogP contribution is 2.13. The first-order valence-electron chi connectivity index (χ1n) is 5.85. The van der Waals surface area contributed by atoms with Crippen molar-refractivity contribution in [3.63, 3.8) is 0 Å². The zero-order valence-electron chi connectivity index (χ0n) is 9.95. The molecule has 0 saturated carbocycles. The Morgan fingerprint density at radius 3 is 2.59 bits per heavy atom. The number of thiophene rings is 1. The summed E-state index contributed by atoms with van der Waals surface area (Å²) in [5, 5.41) is 4.45. The molecule has 2 aromatic rings. The van der Waals surface area contributed by atoms with E-state index in [4.69, 9.17) is 0 Å². The van der Waals surface area contributed by atoms with Crippen LogP contribution in [0.5, 0.6) is 0 Å². The molecule has 0 spiro atoms. The summed E-state index contributed by atoms with van der Waals surface area (Å²) >= 11 is 1.82. The van der Waals surface area contributed by atoms with Crippen molar-refractivity contribution in [1.29, 1.82) is 0 Å². The first-order valence-corrected chi connectivity index (χ1v) is 6.73. The van der Waals surface area contributed by atoms with Crippen LogP contribution >= 0.6 is 11.3 Å². The van der Waals surface area contributed by atoms with Gasteiger partial charge in [0, 0.05) is 6.42 Å². The van der Waals surface area contributed by atoms with Crippen LogP contribution < -0.4 is 5.32 Å². The zero-order valence-corrected chi connectivity index (χ0v) is 10.8. The molecule has 0 amide bonds. The van der Waals surface area contributed by atoms with E-state index in [0.29, 0.717) is 0 Å². The molecular weight excluding hydrogens is 233 g/mol. The number of hydrogen-bond donors (Lipinski definition) is 1. The Labute approximate surface area is 105 Å². The lowest BCUT2D eigenvalue weighted by atomic mass is 10.1. The lowest BCUT2D eigenvalue weighted by Gasteiger charge is -2.02. The predicted molar refractivity (Wildman–Crippen MR) is 69.7 cm³/mol. The second-order valence-corrected chi connectivity index (χ2v) is 5.19. The monoisotopic (exact) mass is 250 g/mol. The van der Waals surface area contributed by atoms with Crippen LogP contribution in [0.4, 0.5) is 4.39 Å². The maximum atomic E-state index is 12.7. The largest absolute Gasteiger partial charge is 0.342 e. The van der Waals surface area contributed by atoms with Gasteiger partial charge in [0.25, 0.3) is 0 Å². The van der Waals surface area contributed by atoms with E-state index in [1.165, 1.54) is 28.1 Å². The summed E-state index contributed by atoms with van der Waals surface area (Å²) in [5.41, 5.74) is 2.58. The maximum Gasteiger partial charge on any atom is 0.123 e. The quantitative estimate of drug-likeness (QED) is 0.785. The Morgan fingerprint density at radius 2 is 1.94 bits per heavy atom. The van der Waals surface area contributed by atoms with Gasteiger partial charge in [0.15, 0.2) is 0 Å². The van der Waals surface area contributed by atoms with Crippen molar-refractivity contribution >= 4 is 11.3 Å². The SMILES string of the molecule is Cc1ccsc1C[NH2+]CCc1ccc(F)cc1. The number of hydrogen-bond acceptors (Lipinski definition) is 1. The molecule has 0 atom stereocenters. The number of nitrogens with two attached hydrogens (primary N) is 1. The maximum absolute atomic E-state index is 12.7. The molecule has 0 radical (unpaired) electrons. The molecule has 3 heteroatoms. The Hall–Kier alpha value is -1.19. The van der Waals surface area contributed by atoms with E-state index >= 15 is 0 Å². The molecule has 1 nitrogen and oxygen atoms in total. The fourth-order valence-corrected chi connectivity index (χ4v) is 2.67. The van der Waals surface area contributed by atoms with Gasteiger partial charge in [0.1, 0.15) is 12.4 Å². The van der Waals surface area contributed by atoms with Gasteiger partial charge in [-0.1, -0.05) is 12.1 Å². The van der Waals surface area contributed by atoms with Crippen molar-refractivity contribution in [2.45, 2.75) is 19.9 Å². The van der Waals surface area contributed by atoms with Gasteiger partial charge < -0.3 is 5.32 Å². The number of rotatable bonds is 5. The smallest absolute Gasteiger partial charge is 0.123 e. The van der Waals surface area contributed by atoms with Crippen LogP contribution in [0.15, 0.2) is 35.7 Å². The number of halogens is 1. The van der Waals surface area contributed by atoms with E-state index in [0.717, 1.165) is 19.5 Å². The molecule has 0 bridgehead atoms. The molecule has 0 aliphatic carbocycles. The summed E-state index contributed by atoms with van der Waals surface area (Å²) in [6.07, 6.45) is 0.991. The minimum atomic E-state index is -0.160. The fourth-order valence-electron chi connectivity index (χ4n) is 1.77. The van der Waals surface area contributed by atoms with Gasteiger partial charge in [0.05, 0.1) is 11.4 Å². The van der Waals surface area contributed by atoms with Crippen LogP contribution in [0, 0.1) is 12.7 Å². The van der Waals surface area contributed by atoms with Crippen LogP contribution in [-0.2, 0) is 13.0 Å². The van der Waals surface area contributed by atoms with Crippen molar-refractivity contribution in [3.8, 4) is 0 Å². The first kappa shape index (κ1) is 12.3. The Morgan fingerprint density at radius 1 is 1.18 bits per heavy atom. The molecule has 1 heterocycles. The van der Waals surface area contributed by atoms with Crippen LogP contribution in [0.1, 0.15) is 16.0 Å². The van der Waals surface area contributed by atoms with E-state index in [1.54, 1.807) is 0 Å². The molecule has 0 saturated heterocycles. The van der Waals surface area contributed by atoms with Crippen molar-refractivity contribution in [2.75, 3.05) is 6.54 Å². The molecule has 0 unspecified atom stereocenters. The van der Waals surface area contributed by atoms with Crippen molar-refractivity contribution in [2.24, 2.45) is 0 Å². The van der Waals surface area contributed by atoms with Gasteiger partial charge in [0.2, 0.25) is 0 Å². The van der Waals surface area contributed by atoms with Gasteiger partial charge >= 0.3 is 0 Å². The van der Waals surface area contributed by atoms with Crippen molar-refractivity contribution in [1.82, 2.24) is 0 Å². The van der Waals surface area contributed by atoms with Crippen LogP contribution in [0.3, 0.4) is 0 Å². The second kappa shape index (κ2) is 5.94. The predicted octanol–water partition coefficient (Wildman–Crippen LogP) is 2.50. The summed E-state index contributed by atoms with van der Waals surface area (Å²) in [6, 6.07) is 8.93. The molecule has 2 N–H and O–H groups in total. The van der Waals surface area contributed by atoms with Crippen LogP contribution in [-0.4, -0.2) is 6.54 Å². The molecule has 2 rings (SSSR count). The van der Waals surface area contributed by atoms with Gasteiger partial charge in [-0.15, -0.1) is 11.3 Å². The van der Waals surface area contributed by atoms with E-state index in [2.05, 4.69) is 23.7 Å². The van der Waals surface area contributed by atoms with E-state index in [9.17, 15) is 4.39 Å². The summed E-state index contributed by atoms with van der Waals surface area (Å²) in [6.45, 7) is 4.24. The zero-order chi connectivity index (χ0) is 12.1. The molecule has 0 fully saturated rings. The molecular formula is C14H17FNS+. The summed E-state index contributed by atoms with van der Waals surface area (Å²) in [4.78, 5) is 1.45. The Balaban J connectivity index is 1.73. The molecule has 1 aromatic heterocycles. The average Bonchev–Trinajstić information content (AvgIpc) is 2.73. The molecule has 17 heavy (non-hydrogen) atoms. The normalized spacial score (nSPS) is 10.7. The van der Waals surface area contributed by atoms with Gasteiger partial charge in [-0.25, -0.2) is 4.39 Å². The molecule has 90 valence electrons. The van der Waals surface area contributed by atoms with Crippen molar-refractivity contribution < 1.29 is 9.71 Å². The third-order valence-electron chi connectivity index (χ3n) is 2.85. The van der Waals surface area contributed by atoms with Crippen LogP contribution in [0.2, 0.25) is 0 Å². The topological polar surface area (TPSA) is 16.6 Å². The van der Waals surface area contributed by atoms with Gasteiger partial charge in [-0.05, 0) is 41.6 Å². The molecule has 0 aliphatic heterocycles. The van der Waals surface area contributed by atoms with E-state index in [-0.39, 0.29) is 5.82 Å². The third kappa shape index (κ3) is 3.65. The number of benzene rings is 1. The minimum Gasteiger partial charge on any atom is -0.342 e. The highest BCUT2D eigenvalue weighted by atomic mass is 32.1. The van der Waals surface area contributed by atoms with Gasteiger partial charge in [-0.3, -0.25) is 0 Å². The lowest BCUT2D eigenvalue weighted by molar-refractivity contribution is -0.669. The van der Waals surface area contributed by atoms with E-state index < -0.39 is 0 Å². The molecule has 0 aliphatic rings. The summed E-state index contributed by atoms with van der Waals surface area (Å²) in [5.74, 6) is -0.160. The average molecular weight is 250 g/mol. The number of quaternary nitrogens is 1.